The van der Waals surface area contributed by atoms with Gasteiger partial charge in [0.25, 0.3) is 5.91 Å². The molecular formula is C24H29ClN2O6. The van der Waals surface area contributed by atoms with Crippen molar-refractivity contribution in [3.8, 4) is 0 Å². The first kappa shape index (κ1) is 23.7. The number of halogens is 1. The summed E-state index contributed by atoms with van der Waals surface area (Å²) >= 11 is 6.48. The van der Waals surface area contributed by atoms with Crippen molar-refractivity contribution in [3.63, 3.8) is 0 Å². The first-order valence-electron chi connectivity index (χ1n) is 11.1. The van der Waals surface area contributed by atoms with Crippen LogP contribution >= 0.6 is 11.6 Å². The van der Waals surface area contributed by atoms with E-state index in [-0.39, 0.29) is 25.6 Å². The Balaban J connectivity index is 1.87. The summed E-state index contributed by atoms with van der Waals surface area (Å²) in [5.41, 5.74) is -1.10. The quantitative estimate of drug-likeness (QED) is 0.584. The Morgan fingerprint density at radius 3 is 2.70 bits per heavy atom. The molecule has 1 aromatic rings. The lowest BCUT2D eigenvalue weighted by molar-refractivity contribution is -0.156. The average molecular weight is 477 g/mol. The highest BCUT2D eigenvalue weighted by Gasteiger charge is 2.80. The van der Waals surface area contributed by atoms with Crippen LogP contribution in [0.2, 0.25) is 5.02 Å². The number of rotatable bonds is 7. The number of carboxylic acids is 1. The van der Waals surface area contributed by atoms with Gasteiger partial charge in [-0.05, 0) is 37.8 Å². The third-order valence-electron chi connectivity index (χ3n) is 7.69. The predicted octanol–water partition coefficient (Wildman–Crippen LogP) is 2.26. The topological polar surface area (TPSA) is 107 Å². The second-order valence-corrected chi connectivity index (χ2v) is 9.85. The molecule has 3 saturated heterocycles. The first-order valence-corrected chi connectivity index (χ1v) is 11.4. The van der Waals surface area contributed by atoms with Crippen LogP contribution in [0.1, 0.15) is 25.8 Å². The molecule has 0 radical (unpaired) electrons. The number of carbonyl (C=O) groups excluding carboxylic acids is 2. The van der Waals surface area contributed by atoms with E-state index in [2.05, 4.69) is 6.58 Å². The number of aliphatic carboxylic acids is 1. The number of para-hydroxylation sites is 1. The highest BCUT2D eigenvalue weighted by Crippen LogP contribution is 2.65. The van der Waals surface area contributed by atoms with Crippen molar-refractivity contribution in [1.29, 1.82) is 0 Å². The molecule has 6 atom stereocenters. The molecule has 1 aromatic carbocycles. The Bertz CT molecular complexity index is 1010. The van der Waals surface area contributed by atoms with E-state index < -0.39 is 46.9 Å². The van der Waals surface area contributed by atoms with Crippen LogP contribution in [0.25, 0.3) is 0 Å². The van der Waals surface area contributed by atoms with Crippen molar-refractivity contribution < 1.29 is 29.3 Å². The van der Waals surface area contributed by atoms with Crippen molar-refractivity contribution >= 4 is 35.1 Å². The number of hydrogen-bond donors (Lipinski definition) is 2. The van der Waals surface area contributed by atoms with Gasteiger partial charge in [0.1, 0.15) is 17.6 Å². The number of benzene rings is 1. The minimum absolute atomic E-state index is 0.0995. The molecule has 3 unspecified atom stereocenters. The van der Waals surface area contributed by atoms with Crippen LogP contribution in [-0.2, 0) is 19.1 Å². The Morgan fingerprint density at radius 2 is 2.12 bits per heavy atom. The molecule has 2 N–H and O–H groups in total. The molecule has 2 bridgehead atoms. The summed E-state index contributed by atoms with van der Waals surface area (Å²) in [6.07, 6.45) is 1.94. The summed E-state index contributed by atoms with van der Waals surface area (Å²) in [6.45, 7) is 8.88. The number of carbonyl (C=O) groups is 3. The summed E-state index contributed by atoms with van der Waals surface area (Å²) in [6, 6.07) is 4.20. The number of carboxylic acid groups (broad SMARTS) is 1. The minimum Gasteiger partial charge on any atom is -0.481 e. The fourth-order valence-corrected chi connectivity index (χ4v) is 6.60. The van der Waals surface area contributed by atoms with Crippen LogP contribution < -0.4 is 4.90 Å². The van der Waals surface area contributed by atoms with E-state index in [0.29, 0.717) is 17.1 Å². The third-order valence-corrected chi connectivity index (χ3v) is 8.00. The fraction of sp³-hybridized carbons (Fsp3) is 0.542. The number of β-amino-alcohol motifs (C(OH)–C–C–N with tert-alkyl or cyclic N) is 1. The highest BCUT2D eigenvalue weighted by molar-refractivity contribution is 6.34. The van der Waals surface area contributed by atoms with Gasteiger partial charge >= 0.3 is 5.97 Å². The molecule has 3 aliphatic rings. The van der Waals surface area contributed by atoms with Crippen molar-refractivity contribution in [2.75, 3.05) is 24.6 Å². The Labute approximate surface area is 197 Å². The second-order valence-electron chi connectivity index (χ2n) is 9.44. The van der Waals surface area contributed by atoms with E-state index in [4.69, 9.17) is 16.3 Å². The van der Waals surface area contributed by atoms with Crippen LogP contribution in [0.15, 0.2) is 30.9 Å². The number of ether oxygens (including phenoxy) is 1. The third kappa shape index (κ3) is 3.15. The average Bonchev–Trinajstić information content (AvgIpc) is 3.24. The normalized spacial score (nSPS) is 34.5. The molecule has 0 aliphatic carbocycles. The van der Waals surface area contributed by atoms with Crippen molar-refractivity contribution in [3.05, 3.63) is 41.4 Å². The zero-order chi connectivity index (χ0) is 24.3. The number of anilines is 1. The molecule has 0 saturated carbocycles. The number of amides is 2. The van der Waals surface area contributed by atoms with Crippen LogP contribution in [0.5, 0.6) is 0 Å². The van der Waals surface area contributed by atoms with Gasteiger partial charge in [0, 0.05) is 13.1 Å². The standard InChI is InChI=1S/C24H29ClN2O6/c1-5-9-26(18-13(2)7-6-8-15(18)25)21(30)19-24-12-14(3)23(4,33-24)17(22(31)32)16(24)20(29)27(19)10-11-28/h5-8,14,16-17,19,28H,1,9-12H2,2-4H3,(H,31,32)/t14?,16-,17+,19?,23-,24?/m0/s1. The lowest BCUT2D eigenvalue weighted by Crippen LogP contribution is -2.57. The molecule has 3 aliphatic heterocycles. The molecule has 4 rings (SSSR count). The van der Waals surface area contributed by atoms with Gasteiger partial charge in [0.15, 0.2) is 0 Å². The zero-order valence-corrected chi connectivity index (χ0v) is 19.7. The van der Waals surface area contributed by atoms with E-state index in [1.165, 1.54) is 9.80 Å². The number of likely N-dealkylation sites (tertiary alicyclic amines) is 1. The molecule has 2 amide bonds. The fourth-order valence-electron chi connectivity index (χ4n) is 6.28. The predicted molar refractivity (Wildman–Crippen MR) is 122 cm³/mol. The largest absolute Gasteiger partial charge is 0.481 e. The number of aliphatic hydroxyl groups excluding tert-OH is 1. The van der Waals surface area contributed by atoms with Crippen molar-refractivity contribution in [1.82, 2.24) is 4.90 Å². The van der Waals surface area contributed by atoms with Gasteiger partial charge in [-0.3, -0.25) is 14.4 Å². The summed E-state index contributed by atoms with van der Waals surface area (Å²) in [5, 5.41) is 20.1. The molecule has 0 aromatic heterocycles. The number of nitrogens with zero attached hydrogens (tertiary/aromatic N) is 2. The monoisotopic (exact) mass is 476 g/mol. The van der Waals surface area contributed by atoms with Crippen molar-refractivity contribution in [2.45, 2.75) is 44.4 Å². The van der Waals surface area contributed by atoms with E-state index in [9.17, 15) is 24.6 Å². The van der Waals surface area contributed by atoms with Crippen LogP contribution in [0.3, 0.4) is 0 Å². The number of aryl methyl sites for hydroxylation is 1. The van der Waals surface area contributed by atoms with Gasteiger partial charge in [0.05, 0.1) is 28.8 Å². The lowest BCUT2D eigenvalue weighted by Gasteiger charge is -2.37. The van der Waals surface area contributed by atoms with E-state index in [1.54, 1.807) is 25.1 Å². The van der Waals surface area contributed by atoms with Gasteiger partial charge in [-0.25, -0.2) is 0 Å². The highest BCUT2D eigenvalue weighted by atomic mass is 35.5. The molecule has 3 heterocycles. The molecule has 9 heteroatoms. The maximum atomic E-state index is 14.2. The maximum absolute atomic E-state index is 14.2. The van der Waals surface area contributed by atoms with E-state index in [1.807, 2.05) is 19.9 Å². The summed E-state index contributed by atoms with van der Waals surface area (Å²) in [5.74, 6) is -4.29. The van der Waals surface area contributed by atoms with Crippen LogP contribution in [0.4, 0.5) is 5.69 Å². The molecule has 1 spiro atoms. The van der Waals surface area contributed by atoms with Gasteiger partial charge < -0.3 is 24.7 Å². The molecule has 8 nitrogen and oxygen atoms in total. The Kier molecular flexibility index (Phi) is 5.83. The van der Waals surface area contributed by atoms with Crippen LogP contribution in [-0.4, -0.2) is 69.8 Å². The smallest absolute Gasteiger partial charge is 0.310 e. The Hall–Kier alpha value is -2.42. The summed E-state index contributed by atoms with van der Waals surface area (Å²) in [7, 11) is 0. The molecule has 178 valence electrons. The molecular weight excluding hydrogens is 448 g/mol. The number of aliphatic hydroxyl groups is 1. The Morgan fingerprint density at radius 1 is 1.42 bits per heavy atom. The zero-order valence-electron chi connectivity index (χ0n) is 19.0. The van der Waals surface area contributed by atoms with Crippen molar-refractivity contribution in [2.24, 2.45) is 17.8 Å². The number of hydrogen-bond acceptors (Lipinski definition) is 5. The van der Waals surface area contributed by atoms with Gasteiger partial charge in [-0.15, -0.1) is 6.58 Å². The minimum atomic E-state index is -1.30. The second kappa shape index (κ2) is 8.11. The lowest BCUT2D eigenvalue weighted by atomic mass is 9.62. The summed E-state index contributed by atoms with van der Waals surface area (Å²) in [4.78, 5) is 42.8. The summed E-state index contributed by atoms with van der Waals surface area (Å²) < 4.78 is 6.43. The first-order chi connectivity index (χ1) is 15.5. The van der Waals surface area contributed by atoms with Gasteiger partial charge in [-0.1, -0.05) is 36.7 Å². The maximum Gasteiger partial charge on any atom is 0.310 e. The van der Waals surface area contributed by atoms with Gasteiger partial charge in [0.2, 0.25) is 5.91 Å². The van der Waals surface area contributed by atoms with E-state index in [0.717, 1.165) is 5.56 Å². The molecule has 33 heavy (non-hydrogen) atoms. The van der Waals surface area contributed by atoms with E-state index >= 15 is 0 Å². The molecule has 3 fully saturated rings. The van der Waals surface area contributed by atoms with Crippen LogP contribution in [0, 0.1) is 24.7 Å². The van der Waals surface area contributed by atoms with Gasteiger partial charge in [-0.2, -0.15) is 0 Å². The number of fused-ring (bicyclic) bond motifs is 1. The SMILES string of the molecule is C=CCN(C(=O)C1N(CCO)C(=O)[C@@H]2[C@H](C(=O)O)[C@@]3(C)OC12CC3C)c1c(C)cccc1Cl.